The Morgan fingerprint density at radius 3 is 3.00 bits per heavy atom. The summed E-state index contributed by atoms with van der Waals surface area (Å²) >= 11 is 1.71. The van der Waals surface area contributed by atoms with Crippen molar-refractivity contribution in [3.8, 4) is 0 Å². The average molecular weight is 293 g/mol. The maximum absolute atomic E-state index is 5.07. The van der Waals surface area contributed by atoms with E-state index in [2.05, 4.69) is 37.2 Å². The van der Waals surface area contributed by atoms with Crippen LogP contribution in [0, 0.1) is 6.92 Å². The lowest BCUT2D eigenvalue weighted by molar-refractivity contribution is 0.374. The van der Waals surface area contributed by atoms with E-state index in [4.69, 9.17) is 4.52 Å². The van der Waals surface area contributed by atoms with Gasteiger partial charge in [0.15, 0.2) is 11.8 Å². The van der Waals surface area contributed by atoms with Gasteiger partial charge in [-0.25, -0.2) is 4.99 Å². The molecule has 108 valence electrons. The van der Waals surface area contributed by atoms with E-state index >= 15 is 0 Å². The Morgan fingerprint density at radius 2 is 2.35 bits per heavy atom. The van der Waals surface area contributed by atoms with Gasteiger partial charge in [-0.3, -0.25) is 0 Å². The maximum atomic E-state index is 5.07. The number of thiophene rings is 1. The van der Waals surface area contributed by atoms with Crippen LogP contribution in [0.2, 0.25) is 0 Å². The van der Waals surface area contributed by atoms with E-state index in [1.807, 2.05) is 19.9 Å². The van der Waals surface area contributed by atoms with E-state index in [9.17, 15) is 0 Å². The smallest absolute Gasteiger partial charge is 0.228 e. The molecule has 0 unspecified atom stereocenters. The van der Waals surface area contributed by atoms with Crippen LogP contribution in [0.15, 0.2) is 27.0 Å². The first-order chi connectivity index (χ1) is 9.78. The number of hydrogen-bond donors (Lipinski definition) is 2. The number of aromatic nitrogens is 2. The highest BCUT2D eigenvalue weighted by Gasteiger charge is 2.03. The first-order valence-corrected chi connectivity index (χ1v) is 7.49. The molecule has 2 N–H and O–H groups in total. The van der Waals surface area contributed by atoms with Crippen molar-refractivity contribution in [1.29, 1.82) is 0 Å². The fourth-order valence-electron chi connectivity index (χ4n) is 1.63. The maximum Gasteiger partial charge on any atom is 0.228 e. The second-order valence-corrected chi connectivity index (χ2v) is 5.22. The van der Waals surface area contributed by atoms with E-state index in [0.29, 0.717) is 31.2 Å². The SMILES string of the molecule is CCNC(=NCc1cccs1)NCCc1nc(C)no1. The standard InChI is InChI=1S/C13H19N5OS/c1-3-14-13(16-9-11-5-4-8-20-11)15-7-6-12-17-10(2)18-19-12/h4-5,8H,3,6-7,9H2,1-2H3,(H2,14,15,16). The molecule has 0 spiro atoms. The van der Waals surface area contributed by atoms with Crippen molar-refractivity contribution in [2.45, 2.75) is 26.8 Å². The molecule has 0 aliphatic heterocycles. The minimum Gasteiger partial charge on any atom is -0.357 e. The Balaban J connectivity index is 1.80. The first-order valence-electron chi connectivity index (χ1n) is 6.61. The lowest BCUT2D eigenvalue weighted by atomic mass is 10.4. The zero-order chi connectivity index (χ0) is 14.2. The molecule has 0 atom stereocenters. The third kappa shape index (κ3) is 4.65. The molecule has 0 fully saturated rings. The topological polar surface area (TPSA) is 75.3 Å². The Bertz CT molecular complexity index is 535. The van der Waals surface area contributed by atoms with Gasteiger partial charge < -0.3 is 15.2 Å². The summed E-state index contributed by atoms with van der Waals surface area (Å²) in [5.41, 5.74) is 0. The zero-order valence-electron chi connectivity index (χ0n) is 11.7. The summed E-state index contributed by atoms with van der Waals surface area (Å²) in [5, 5.41) is 12.3. The van der Waals surface area contributed by atoms with Gasteiger partial charge in [0.2, 0.25) is 5.89 Å². The lowest BCUT2D eigenvalue weighted by Crippen LogP contribution is -2.38. The molecule has 0 aliphatic carbocycles. The van der Waals surface area contributed by atoms with E-state index < -0.39 is 0 Å². The number of rotatable bonds is 6. The van der Waals surface area contributed by atoms with Crippen LogP contribution in [0.25, 0.3) is 0 Å². The summed E-state index contributed by atoms with van der Waals surface area (Å²) in [5.74, 6) is 2.11. The van der Waals surface area contributed by atoms with Gasteiger partial charge in [0.25, 0.3) is 0 Å². The quantitative estimate of drug-likeness (QED) is 0.627. The van der Waals surface area contributed by atoms with Crippen LogP contribution in [-0.2, 0) is 13.0 Å². The van der Waals surface area contributed by atoms with Gasteiger partial charge in [-0.15, -0.1) is 11.3 Å². The monoisotopic (exact) mass is 293 g/mol. The summed E-state index contributed by atoms with van der Waals surface area (Å²) < 4.78 is 5.07. The Morgan fingerprint density at radius 1 is 1.45 bits per heavy atom. The molecule has 7 heteroatoms. The third-order valence-corrected chi connectivity index (χ3v) is 3.38. The number of guanidine groups is 1. The van der Waals surface area contributed by atoms with Gasteiger partial charge in [0.05, 0.1) is 6.54 Å². The molecule has 2 aromatic heterocycles. The number of hydrogen-bond acceptors (Lipinski definition) is 5. The number of nitrogens with zero attached hydrogens (tertiary/aromatic N) is 3. The molecule has 2 rings (SSSR count). The number of aliphatic imine (C=N–C) groups is 1. The predicted octanol–water partition coefficient (Wildman–Crippen LogP) is 1.74. The van der Waals surface area contributed by atoms with Gasteiger partial charge in [0, 0.05) is 24.4 Å². The van der Waals surface area contributed by atoms with Crippen LogP contribution in [0.3, 0.4) is 0 Å². The Hall–Kier alpha value is -1.89. The molecule has 0 bridgehead atoms. The molecule has 0 aromatic carbocycles. The van der Waals surface area contributed by atoms with Crippen LogP contribution in [0.5, 0.6) is 0 Å². The minimum atomic E-state index is 0.643. The van der Waals surface area contributed by atoms with Crippen molar-refractivity contribution in [3.63, 3.8) is 0 Å². The van der Waals surface area contributed by atoms with E-state index in [1.54, 1.807) is 11.3 Å². The number of aryl methyl sites for hydroxylation is 1. The molecule has 20 heavy (non-hydrogen) atoms. The largest absolute Gasteiger partial charge is 0.357 e. The lowest BCUT2D eigenvalue weighted by Gasteiger charge is -2.09. The summed E-state index contributed by atoms with van der Waals surface area (Å²) in [7, 11) is 0. The highest BCUT2D eigenvalue weighted by Crippen LogP contribution is 2.09. The second-order valence-electron chi connectivity index (χ2n) is 4.19. The fourth-order valence-corrected chi connectivity index (χ4v) is 2.26. The van der Waals surface area contributed by atoms with Crippen molar-refractivity contribution in [2.24, 2.45) is 4.99 Å². The molecule has 0 amide bonds. The summed E-state index contributed by atoms with van der Waals surface area (Å²) in [4.78, 5) is 9.94. The van der Waals surface area contributed by atoms with Crippen LogP contribution < -0.4 is 10.6 Å². The summed E-state index contributed by atoms with van der Waals surface area (Å²) in [6.07, 6.45) is 0.685. The molecule has 0 aliphatic rings. The van der Waals surface area contributed by atoms with Crippen molar-refractivity contribution in [3.05, 3.63) is 34.1 Å². The van der Waals surface area contributed by atoms with Gasteiger partial charge >= 0.3 is 0 Å². The molecule has 6 nitrogen and oxygen atoms in total. The van der Waals surface area contributed by atoms with Crippen LogP contribution >= 0.6 is 11.3 Å². The van der Waals surface area contributed by atoms with Crippen LogP contribution in [0.1, 0.15) is 23.5 Å². The summed E-state index contributed by atoms with van der Waals surface area (Å²) in [6.45, 7) is 6.08. The molecule has 0 saturated carbocycles. The van der Waals surface area contributed by atoms with Crippen molar-refractivity contribution in [1.82, 2.24) is 20.8 Å². The highest BCUT2D eigenvalue weighted by atomic mass is 32.1. The van der Waals surface area contributed by atoms with Gasteiger partial charge in [-0.1, -0.05) is 11.2 Å². The first kappa shape index (κ1) is 14.5. The normalized spacial score (nSPS) is 11.6. The molecular weight excluding hydrogens is 274 g/mol. The van der Waals surface area contributed by atoms with Crippen molar-refractivity contribution >= 4 is 17.3 Å². The van der Waals surface area contributed by atoms with E-state index in [1.165, 1.54) is 4.88 Å². The highest BCUT2D eigenvalue weighted by molar-refractivity contribution is 7.09. The molecule has 0 radical (unpaired) electrons. The van der Waals surface area contributed by atoms with Gasteiger partial charge in [-0.05, 0) is 25.3 Å². The van der Waals surface area contributed by atoms with E-state index in [-0.39, 0.29) is 0 Å². The van der Waals surface area contributed by atoms with Crippen LogP contribution in [-0.4, -0.2) is 29.2 Å². The Labute approximate surface area is 122 Å². The van der Waals surface area contributed by atoms with E-state index in [0.717, 1.165) is 12.5 Å². The number of nitrogens with one attached hydrogen (secondary N) is 2. The molecule has 2 aromatic rings. The Kier molecular flexibility index (Phi) is 5.55. The van der Waals surface area contributed by atoms with Gasteiger partial charge in [0.1, 0.15) is 0 Å². The average Bonchev–Trinajstić information content (AvgIpc) is 3.08. The molecule has 0 saturated heterocycles. The van der Waals surface area contributed by atoms with Crippen molar-refractivity contribution < 1.29 is 4.52 Å². The van der Waals surface area contributed by atoms with Gasteiger partial charge in [-0.2, -0.15) is 4.98 Å². The molecule has 2 heterocycles. The van der Waals surface area contributed by atoms with Crippen molar-refractivity contribution in [2.75, 3.05) is 13.1 Å². The zero-order valence-corrected chi connectivity index (χ0v) is 12.5. The third-order valence-electron chi connectivity index (χ3n) is 2.52. The minimum absolute atomic E-state index is 0.643. The predicted molar refractivity (Wildman–Crippen MR) is 79.9 cm³/mol. The summed E-state index contributed by atoms with van der Waals surface area (Å²) in [6, 6.07) is 4.12. The fraction of sp³-hybridized carbons (Fsp3) is 0.462. The van der Waals surface area contributed by atoms with Crippen LogP contribution in [0.4, 0.5) is 0 Å². The molecular formula is C13H19N5OS. The second kappa shape index (κ2) is 7.64.